The van der Waals surface area contributed by atoms with Crippen LogP contribution >= 0.6 is 0 Å². The van der Waals surface area contributed by atoms with Crippen LogP contribution in [0.25, 0.3) is 44.3 Å². The highest BCUT2D eigenvalue weighted by atomic mass is 16.5. The minimum absolute atomic E-state index is 0.301. The van der Waals surface area contributed by atoms with E-state index >= 15 is 0 Å². The molecule has 1 fully saturated rings. The number of nitrogens with one attached hydrogen (secondary N) is 2. The molecule has 7 heteroatoms. The Kier molecular flexibility index (Phi) is 6.62. The molecule has 3 aromatic carbocycles. The summed E-state index contributed by atoms with van der Waals surface area (Å²) in [7, 11) is 0. The van der Waals surface area contributed by atoms with E-state index in [1.165, 1.54) is 19.3 Å². The van der Waals surface area contributed by atoms with Crippen molar-refractivity contribution < 1.29 is 4.74 Å². The van der Waals surface area contributed by atoms with E-state index in [1.54, 1.807) is 0 Å². The summed E-state index contributed by atoms with van der Waals surface area (Å²) >= 11 is 0. The van der Waals surface area contributed by atoms with Crippen molar-refractivity contribution in [1.29, 1.82) is 0 Å². The molecular formula is C31H36N6O. The molecule has 1 aliphatic heterocycles. The summed E-state index contributed by atoms with van der Waals surface area (Å²) in [5, 5.41) is 18.7. The Hall–Kier alpha value is -3.71. The molecule has 0 bridgehead atoms. The van der Waals surface area contributed by atoms with Crippen LogP contribution in [0.3, 0.4) is 0 Å². The van der Waals surface area contributed by atoms with Crippen molar-refractivity contribution in [3.8, 4) is 28.4 Å². The minimum Gasteiger partial charge on any atom is -0.492 e. The third kappa shape index (κ3) is 4.78. The highest BCUT2D eigenvalue weighted by Gasteiger charge is 2.24. The summed E-state index contributed by atoms with van der Waals surface area (Å²) in [5.41, 5.74) is 3.96. The summed E-state index contributed by atoms with van der Waals surface area (Å²) in [6, 6.07) is 20.3. The van der Waals surface area contributed by atoms with Crippen LogP contribution < -0.4 is 4.74 Å². The van der Waals surface area contributed by atoms with Gasteiger partial charge in [-0.05, 0) is 73.9 Å². The molecule has 0 aliphatic carbocycles. The van der Waals surface area contributed by atoms with Gasteiger partial charge in [-0.3, -0.25) is 15.1 Å². The molecular weight excluding hydrogens is 472 g/mol. The SMILES string of the molecule is CC(C)c1nc(-c2ccc3[nH]nc(-c4ccc5cc(OCCN6[C@H](C)CCC[C@@H]6C)ccc5c4)c3c2)n[nH]1. The highest BCUT2D eigenvalue weighted by Crippen LogP contribution is 2.32. The van der Waals surface area contributed by atoms with Gasteiger partial charge in [0, 0.05) is 41.1 Å². The van der Waals surface area contributed by atoms with E-state index in [0.717, 1.165) is 56.6 Å². The molecule has 0 amide bonds. The normalized spacial score (nSPS) is 18.6. The number of ether oxygens (including phenoxy) is 1. The van der Waals surface area contributed by atoms with E-state index in [-0.39, 0.29) is 0 Å². The van der Waals surface area contributed by atoms with Gasteiger partial charge in [0.15, 0.2) is 5.82 Å². The van der Waals surface area contributed by atoms with Gasteiger partial charge in [-0.25, -0.2) is 4.98 Å². The molecule has 0 spiro atoms. The van der Waals surface area contributed by atoms with Crippen LogP contribution in [-0.2, 0) is 0 Å². The molecule has 5 aromatic rings. The fourth-order valence-electron chi connectivity index (χ4n) is 5.68. The van der Waals surface area contributed by atoms with Crippen LogP contribution in [-0.4, -0.2) is 55.5 Å². The number of hydrogen-bond acceptors (Lipinski definition) is 5. The van der Waals surface area contributed by atoms with Crippen LogP contribution in [0.1, 0.15) is 58.7 Å². The van der Waals surface area contributed by atoms with E-state index in [4.69, 9.17) is 4.74 Å². The first-order valence-electron chi connectivity index (χ1n) is 13.8. The van der Waals surface area contributed by atoms with Crippen molar-refractivity contribution in [1.82, 2.24) is 30.3 Å². The van der Waals surface area contributed by atoms with Crippen LogP contribution in [0.5, 0.6) is 5.75 Å². The largest absolute Gasteiger partial charge is 0.492 e. The van der Waals surface area contributed by atoms with Gasteiger partial charge >= 0.3 is 0 Å². The van der Waals surface area contributed by atoms with E-state index in [2.05, 4.69) is 100 Å². The number of hydrogen-bond donors (Lipinski definition) is 2. The molecule has 1 aliphatic rings. The van der Waals surface area contributed by atoms with Gasteiger partial charge in [-0.1, -0.05) is 38.5 Å². The van der Waals surface area contributed by atoms with Gasteiger partial charge in [0.2, 0.25) is 0 Å². The Bertz CT molecular complexity index is 1560. The fraction of sp³-hybridized carbons (Fsp3) is 0.387. The predicted octanol–water partition coefficient (Wildman–Crippen LogP) is 6.93. The first kappa shape index (κ1) is 24.6. The van der Waals surface area contributed by atoms with Crippen molar-refractivity contribution in [2.24, 2.45) is 0 Å². The lowest BCUT2D eigenvalue weighted by atomic mass is 9.98. The van der Waals surface area contributed by atoms with E-state index < -0.39 is 0 Å². The number of likely N-dealkylation sites (tertiary alicyclic amines) is 1. The number of nitrogens with zero attached hydrogens (tertiary/aromatic N) is 4. The molecule has 2 atom stereocenters. The predicted molar refractivity (Wildman–Crippen MR) is 153 cm³/mol. The van der Waals surface area contributed by atoms with Gasteiger partial charge < -0.3 is 4.74 Å². The van der Waals surface area contributed by atoms with Crippen LogP contribution in [0.15, 0.2) is 54.6 Å². The second-order valence-corrected chi connectivity index (χ2v) is 11.0. The summed E-state index contributed by atoms with van der Waals surface area (Å²) in [5.74, 6) is 2.82. The quantitative estimate of drug-likeness (QED) is 0.249. The zero-order valence-corrected chi connectivity index (χ0v) is 22.7. The average Bonchev–Trinajstić information content (AvgIpc) is 3.58. The maximum Gasteiger partial charge on any atom is 0.181 e. The second kappa shape index (κ2) is 10.2. The van der Waals surface area contributed by atoms with Crippen molar-refractivity contribution >= 4 is 21.7 Å². The van der Waals surface area contributed by atoms with Crippen molar-refractivity contribution in [3.05, 3.63) is 60.4 Å². The number of aromatic amines is 2. The van der Waals surface area contributed by atoms with E-state index in [9.17, 15) is 0 Å². The van der Waals surface area contributed by atoms with Crippen LogP contribution in [0.2, 0.25) is 0 Å². The molecule has 6 rings (SSSR count). The Labute approximate surface area is 223 Å². The minimum atomic E-state index is 0.301. The number of fused-ring (bicyclic) bond motifs is 2. The number of piperidine rings is 1. The zero-order chi connectivity index (χ0) is 26.2. The topological polar surface area (TPSA) is 82.7 Å². The third-order valence-electron chi connectivity index (χ3n) is 7.95. The zero-order valence-electron chi connectivity index (χ0n) is 22.7. The van der Waals surface area contributed by atoms with Crippen molar-refractivity contribution in [2.45, 2.75) is 65.0 Å². The summed E-state index contributed by atoms with van der Waals surface area (Å²) in [4.78, 5) is 7.25. The Morgan fingerprint density at radius 1 is 0.895 bits per heavy atom. The first-order valence-corrected chi connectivity index (χ1v) is 13.8. The first-order chi connectivity index (χ1) is 18.5. The molecule has 2 aromatic heterocycles. The molecule has 7 nitrogen and oxygen atoms in total. The van der Waals surface area contributed by atoms with Crippen molar-refractivity contribution in [2.75, 3.05) is 13.2 Å². The van der Waals surface area contributed by atoms with Gasteiger partial charge in [0.05, 0.1) is 11.2 Å². The monoisotopic (exact) mass is 508 g/mol. The van der Waals surface area contributed by atoms with Crippen LogP contribution in [0.4, 0.5) is 0 Å². The van der Waals surface area contributed by atoms with Gasteiger partial charge in [-0.15, -0.1) is 0 Å². The van der Waals surface area contributed by atoms with Gasteiger partial charge in [0.25, 0.3) is 0 Å². The number of rotatable bonds is 7. The van der Waals surface area contributed by atoms with E-state index in [1.807, 2.05) is 12.1 Å². The summed E-state index contributed by atoms with van der Waals surface area (Å²) < 4.78 is 6.17. The van der Waals surface area contributed by atoms with Gasteiger partial charge in [-0.2, -0.15) is 10.2 Å². The average molecular weight is 509 g/mol. The lowest BCUT2D eigenvalue weighted by Gasteiger charge is -2.38. The maximum absolute atomic E-state index is 6.17. The molecule has 2 N–H and O–H groups in total. The molecule has 38 heavy (non-hydrogen) atoms. The van der Waals surface area contributed by atoms with E-state index in [0.29, 0.717) is 30.4 Å². The second-order valence-electron chi connectivity index (χ2n) is 11.0. The molecule has 3 heterocycles. The van der Waals surface area contributed by atoms with Crippen LogP contribution in [0, 0.1) is 0 Å². The summed E-state index contributed by atoms with van der Waals surface area (Å²) in [6.45, 7) is 10.6. The lowest BCUT2D eigenvalue weighted by molar-refractivity contribution is 0.0852. The molecule has 196 valence electrons. The molecule has 0 saturated carbocycles. The number of aromatic nitrogens is 5. The number of benzene rings is 3. The highest BCUT2D eigenvalue weighted by molar-refractivity contribution is 5.97. The molecule has 0 unspecified atom stereocenters. The Morgan fingerprint density at radius 2 is 1.66 bits per heavy atom. The summed E-state index contributed by atoms with van der Waals surface area (Å²) in [6.07, 6.45) is 3.91. The number of H-pyrrole nitrogens is 2. The fourth-order valence-corrected chi connectivity index (χ4v) is 5.68. The maximum atomic E-state index is 6.17. The molecule has 1 saturated heterocycles. The standard InChI is InChI=1S/C31H36N6O/c1-19(2)30-32-31(36-35-30)25-11-13-28-27(18-25)29(34-33-28)24-9-8-23-17-26(12-10-22(23)16-24)38-15-14-37-20(3)6-5-7-21(37)4/h8-13,16-21H,5-7,14-15H2,1-4H3,(H,33,34)(H,32,35,36)/t20-,21+. The van der Waals surface area contributed by atoms with Gasteiger partial charge in [0.1, 0.15) is 18.2 Å². The molecule has 0 radical (unpaired) electrons. The smallest absolute Gasteiger partial charge is 0.181 e. The third-order valence-corrected chi connectivity index (χ3v) is 7.95. The Balaban J connectivity index is 1.21. The van der Waals surface area contributed by atoms with Crippen molar-refractivity contribution in [3.63, 3.8) is 0 Å². The lowest BCUT2D eigenvalue weighted by Crippen LogP contribution is -2.45. The Morgan fingerprint density at radius 3 is 2.45 bits per heavy atom.